The zero-order valence-corrected chi connectivity index (χ0v) is 10.6. The Kier molecular flexibility index (Phi) is 3.03. The van der Waals surface area contributed by atoms with Crippen molar-refractivity contribution in [2.45, 2.75) is 44.7 Å². The standard InChI is InChI=1S/C12H18N4O2/c1-8-4-3-7-16(8)12(17)10-14-11(18-15-10)9-5-2-6-13-9/h8-9,13H,2-7H2,1H3. The molecule has 3 heterocycles. The van der Waals surface area contributed by atoms with Crippen LogP contribution >= 0.6 is 0 Å². The minimum atomic E-state index is -0.104. The fourth-order valence-electron chi connectivity index (χ4n) is 2.72. The molecule has 0 aliphatic carbocycles. The summed E-state index contributed by atoms with van der Waals surface area (Å²) in [7, 11) is 0. The van der Waals surface area contributed by atoms with Crippen molar-refractivity contribution in [2.75, 3.05) is 13.1 Å². The van der Waals surface area contributed by atoms with Gasteiger partial charge in [-0.2, -0.15) is 4.98 Å². The Hall–Kier alpha value is -1.43. The summed E-state index contributed by atoms with van der Waals surface area (Å²) >= 11 is 0. The van der Waals surface area contributed by atoms with E-state index in [1.54, 1.807) is 0 Å². The Morgan fingerprint density at radius 1 is 1.44 bits per heavy atom. The van der Waals surface area contributed by atoms with Gasteiger partial charge < -0.3 is 14.7 Å². The molecule has 0 spiro atoms. The highest BCUT2D eigenvalue weighted by molar-refractivity contribution is 5.90. The first-order valence-corrected chi connectivity index (χ1v) is 6.63. The van der Waals surface area contributed by atoms with E-state index in [9.17, 15) is 4.79 Å². The van der Waals surface area contributed by atoms with Crippen LogP contribution in [-0.2, 0) is 0 Å². The van der Waals surface area contributed by atoms with Crippen LogP contribution in [0.4, 0.5) is 0 Å². The van der Waals surface area contributed by atoms with E-state index in [0.29, 0.717) is 5.89 Å². The third-order valence-corrected chi connectivity index (χ3v) is 3.81. The lowest BCUT2D eigenvalue weighted by Crippen LogP contribution is -2.34. The van der Waals surface area contributed by atoms with Crippen LogP contribution in [0.1, 0.15) is 55.2 Å². The van der Waals surface area contributed by atoms with E-state index in [-0.39, 0.29) is 23.8 Å². The third kappa shape index (κ3) is 2.01. The van der Waals surface area contributed by atoms with Gasteiger partial charge in [0.15, 0.2) is 0 Å². The smallest absolute Gasteiger partial charge is 0.295 e. The van der Waals surface area contributed by atoms with Gasteiger partial charge in [0, 0.05) is 12.6 Å². The second kappa shape index (κ2) is 4.68. The van der Waals surface area contributed by atoms with E-state index >= 15 is 0 Å². The number of likely N-dealkylation sites (tertiary alicyclic amines) is 1. The summed E-state index contributed by atoms with van der Waals surface area (Å²) in [5.74, 6) is 0.642. The second-order valence-corrected chi connectivity index (χ2v) is 5.09. The van der Waals surface area contributed by atoms with Crippen LogP contribution in [0.15, 0.2) is 4.52 Å². The van der Waals surface area contributed by atoms with Gasteiger partial charge in [0.05, 0.1) is 6.04 Å². The molecule has 0 radical (unpaired) electrons. The highest BCUT2D eigenvalue weighted by Gasteiger charge is 2.30. The molecule has 2 aliphatic rings. The lowest BCUT2D eigenvalue weighted by atomic mass is 10.2. The van der Waals surface area contributed by atoms with Crippen LogP contribution in [0, 0.1) is 0 Å². The molecule has 18 heavy (non-hydrogen) atoms. The van der Waals surface area contributed by atoms with Crippen molar-refractivity contribution in [1.82, 2.24) is 20.4 Å². The molecule has 0 saturated carbocycles. The van der Waals surface area contributed by atoms with Crippen molar-refractivity contribution in [3.8, 4) is 0 Å². The fraction of sp³-hybridized carbons (Fsp3) is 0.750. The number of rotatable bonds is 2. The fourth-order valence-corrected chi connectivity index (χ4v) is 2.72. The van der Waals surface area contributed by atoms with Gasteiger partial charge >= 0.3 is 0 Å². The van der Waals surface area contributed by atoms with Crippen molar-refractivity contribution in [2.24, 2.45) is 0 Å². The normalized spacial score (nSPS) is 27.9. The number of hydrogen-bond donors (Lipinski definition) is 1. The molecule has 1 aromatic rings. The molecule has 2 unspecified atom stereocenters. The van der Waals surface area contributed by atoms with Gasteiger partial charge in [0.2, 0.25) is 5.89 Å². The molecule has 2 atom stereocenters. The summed E-state index contributed by atoms with van der Waals surface area (Å²) in [4.78, 5) is 18.3. The maximum absolute atomic E-state index is 12.2. The zero-order chi connectivity index (χ0) is 12.5. The average molecular weight is 250 g/mol. The highest BCUT2D eigenvalue weighted by Crippen LogP contribution is 2.23. The van der Waals surface area contributed by atoms with Gasteiger partial charge in [-0.05, 0) is 39.2 Å². The van der Waals surface area contributed by atoms with Crippen LogP contribution in [0.25, 0.3) is 0 Å². The molecule has 98 valence electrons. The Bertz CT molecular complexity index is 439. The second-order valence-electron chi connectivity index (χ2n) is 5.09. The van der Waals surface area contributed by atoms with E-state index in [1.165, 1.54) is 0 Å². The van der Waals surface area contributed by atoms with E-state index in [1.807, 2.05) is 4.90 Å². The van der Waals surface area contributed by atoms with E-state index in [2.05, 4.69) is 22.4 Å². The first-order valence-electron chi connectivity index (χ1n) is 6.63. The SMILES string of the molecule is CC1CCCN1C(=O)c1noc(C2CCCN2)n1. The summed E-state index contributed by atoms with van der Waals surface area (Å²) in [6.07, 6.45) is 4.22. The van der Waals surface area contributed by atoms with Gasteiger partial charge in [-0.15, -0.1) is 0 Å². The Morgan fingerprint density at radius 2 is 2.33 bits per heavy atom. The molecule has 0 aromatic carbocycles. The zero-order valence-electron chi connectivity index (χ0n) is 10.6. The third-order valence-electron chi connectivity index (χ3n) is 3.81. The van der Waals surface area contributed by atoms with Crippen molar-refractivity contribution in [3.63, 3.8) is 0 Å². The molecule has 6 nitrogen and oxygen atoms in total. The summed E-state index contributed by atoms with van der Waals surface area (Å²) in [6.45, 7) is 3.83. The maximum Gasteiger partial charge on any atom is 0.295 e. The van der Waals surface area contributed by atoms with Gasteiger partial charge in [-0.3, -0.25) is 4.79 Å². The molecule has 0 bridgehead atoms. The first kappa shape index (κ1) is 11.6. The Morgan fingerprint density at radius 3 is 3.00 bits per heavy atom. The number of amides is 1. The minimum absolute atomic E-state index is 0.104. The highest BCUT2D eigenvalue weighted by atomic mass is 16.5. The van der Waals surface area contributed by atoms with E-state index in [0.717, 1.165) is 38.8 Å². The number of nitrogens with zero attached hydrogens (tertiary/aromatic N) is 3. The largest absolute Gasteiger partial charge is 0.337 e. The number of carbonyl (C=O) groups is 1. The monoisotopic (exact) mass is 250 g/mol. The molecule has 2 aliphatic heterocycles. The molecular formula is C12H18N4O2. The molecule has 1 amide bonds. The molecular weight excluding hydrogens is 232 g/mol. The Labute approximate surface area is 106 Å². The van der Waals surface area contributed by atoms with Crippen molar-refractivity contribution in [1.29, 1.82) is 0 Å². The number of carbonyl (C=O) groups excluding carboxylic acids is 1. The summed E-state index contributed by atoms with van der Waals surface area (Å²) < 4.78 is 5.19. The molecule has 3 rings (SSSR count). The van der Waals surface area contributed by atoms with Crippen molar-refractivity contribution in [3.05, 3.63) is 11.7 Å². The van der Waals surface area contributed by atoms with Gasteiger partial charge in [-0.25, -0.2) is 0 Å². The van der Waals surface area contributed by atoms with Crippen molar-refractivity contribution < 1.29 is 9.32 Å². The van der Waals surface area contributed by atoms with Crippen LogP contribution < -0.4 is 5.32 Å². The maximum atomic E-state index is 12.2. The average Bonchev–Trinajstić information content (AvgIpc) is 3.09. The molecule has 2 saturated heterocycles. The molecule has 1 N–H and O–H groups in total. The quantitative estimate of drug-likeness (QED) is 0.851. The Balaban J connectivity index is 1.74. The van der Waals surface area contributed by atoms with Gasteiger partial charge in [0.25, 0.3) is 11.7 Å². The van der Waals surface area contributed by atoms with Crippen LogP contribution in [0.2, 0.25) is 0 Å². The van der Waals surface area contributed by atoms with Crippen LogP contribution in [-0.4, -0.2) is 40.1 Å². The summed E-state index contributed by atoms with van der Waals surface area (Å²) in [6, 6.07) is 0.402. The summed E-state index contributed by atoms with van der Waals surface area (Å²) in [5, 5.41) is 7.10. The minimum Gasteiger partial charge on any atom is -0.337 e. The molecule has 1 aromatic heterocycles. The predicted octanol–water partition coefficient (Wildman–Crippen LogP) is 1.12. The lowest BCUT2D eigenvalue weighted by molar-refractivity contribution is 0.0731. The predicted molar refractivity (Wildman–Crippen MR) is 64.0 cm³/mol. The number of aromatic nitrogens is 2. The topological polar surface area (TPSA) is 71.3 Å². The van der Waals surface area contributed by atoms with Crippen LogP contribution in [0.3, 0.4) is 0 Å². The van der Waals surface area contributed by atoms with E-state index < -0.39 is 0 Å². The number of nitrogens with one attached hydrogen (secondary N) is 1. The van der Waals surface area contributed by atoms with Gasteiger partial charge in [0.1, 0.15) is 0 Å². The molecule has 2 fully saturated rings. The van der Waals surface area contributed by atoms with Crippen LogP contribution in [0.5, 0.6) is 0 Å². The lowest BCUT2D eigenvalue weighted by Gasteiger charge is -2.18. The van der Waals surface area contributed by atoms with Crippen molar-refractivity contribution >= 4 is 5.91 Å². The number of hydrogen-bond acceptors (Lipinski definition) is 5. The van der Waals surface area contributed by atoms with Gasteiger partial charge in [-0.1, -0.05) is 5.16 Å². The summed E-state index contributed by atoms with van der Waals surface area (Å²) in [5.41, 5.74) is 0. The first-order chi connectivity index (χ1) is 8.75. The molecule has 6 heteroatoms. The van der Waals surface area contributed by atoms with E-state index in [4.69, 9.17) is 4.52 Å².